The lowest BCUT2D eigenvalue weighted by Gasteiger charge is -2.57. The number of aliphatic hydroxyl groups excluding tert-OH is 1. The van der Waals surface area contributed by atoms with Gasteiger partial charge in [-0.3, -0.25) is 4.79 Å². The molecule has 4 bridgehead atoms. The lowest BCUT2D eigenvalue weighted by atomic mass is 9.53. The predicted molar refractivity (Wildman–Crippen MR) is 96.9 cm³/mol. The van der Waals surface area contributed by atoms with Gasteiger partial charge in [-0.25, -0.2) is 0 Å². The van der Waals surface area contributed by atoms with E-state index in [0.29, 0.717) is 17.9 Å². The molecule has 0 heterocycles. The molecule has 4 aliphatic rings. The van der Waals surface area contributed by atoms with Crippen LogP contribution in [0, 0.1) is 17.8 Å². The number of benzene rings is 1. The number of β-amino-alcohol motifs (C(OH)–C–C–N with tert-alkyl or cyclic N) is 1. The van der Waals surface area contributed by atoms with Crippen LogP contribution in [0.15, 0.2) is 24.3 Å². The van der Waals surface area contributed by atoms with E-state index in [1.165, 1.54) is 38.5 Å². The number of aliphatic hydroxyl groups is 1. The summed E-state index contributed by atoms with van der Waals surface area (Å²) >= 11 is 0. The molecule has 0 radical (unpaired) electrons. The molecule has 4 fully saturated rings. The molecule has 0 aromatic heterocycles. The number of hydrogen-bond acceptors (Lipinski definition) is 4. The van der Waals surface area contributed by atoms with Gasteiger partial charge in [-0.1, -0.05) is 0 Å². The standard InChI is InChI=1S/C21H29NO3/c1-14(23)18-2-4-20(5-3-18)25-13-19(24)12-22-21-9-15-6-16(10-21)8-17(7-15)11-21/h2-5,15-17,19,22,24H,6-13H2,1H3/t15?,16?,17?,19-,21?/m1/s1. The van der Waals surface area contributed by atoms with Gasteiger partial charge in [-0.15, -0.1) is 0 Å². The first-order chi connectivity index (χ1) is 12.0. The van der Waals surface area contributed by atoms with Gasteiger partial charge in [0.25, 0.3) is 0 Å². The average Bonchev–Trinajstić information content (AvgIpc) is 2.57. The zero-order valence-electron chi connectivity index (χ0n) is 15.0. The Morgan fingerprint density at radius 2 is 1.72 bits per heavy atom. The second kappa shape index (κ2) is 6.73. The molecule has 0 spiro atoms. The van der Waals surface area contributed by atoms with E-state index in [0.717, 1.165) is 17.8 Å². The number of nitrogens with one attached hydrogen (secondary N) is 1. The zero-order valence-corrected chi connectivity index (χ0v) is 15.0. The lowest BCUT2D eigenvalue weighted by molar-refractivity contribution is -0.0266. The van der Waals surface area contributed by atoms with E-state index in [9.17, 15) is 9.90 Å². The van der Waals surface area contributed by atoms with Gasteiger partial charge in [-0.2, -0.15) is 0 Å². The largest absolute Gasteiger partial charge is 0.491 e. The summed E-state index contributed by atoms with van der Waals surface area (Å²) < 4.78 is 5.67. The predicted octanol–water partition coefficient (Wildman–Crippen LogP) is 3.19. The van der Waals surface area contributed by atoms with E-state index in [-0.39, 0.29) is 17.9 Å². The van der Waals surface area contributed by atoms with Crippen molar-refractivity contribution in [2.45, 2.75) is 57.1 Å². The maximum Gasteiger partial charge on any atom is 0.159 e. The van der Waals surface area contributed by atoms with E-state index in [2.05, 4.69) is 5.32 Å². The molecule has 4 saturated carbocycles. The highest BCUT2D eigenvalue weighted by molar-refractivity contribution is 5.94. The van der Waals surface area contributed by atoms with Crippen molar-refractivity contribution in [3.63, 3.8) is 0 Å². The Hall–Kier alpha value is -1.39. The van der Waals surface area contributed by atoms with Gasteiger partial charge in [-0.05, 0) is 87.5 Å². The highest BCUT2D eigenvalue weighted by Gasteiger charge is 2.50. The summed E-state index contributed by atoms with van der Waals surface area (Å²) in [6, 6.07) is 7.10. The third-order valence-corrected chi connectivity index (χ3v) is 6.45. The summed E-state index contributed by atoms with van der Waals surface area (Å²) in [5.41, 5.74) is 0.954. The lowest BCUT2D eigenvalue weighted by Crippen LogP contribution is -2.59. The summed E-state index contributed by atoms with van der Waals surface area (Å²) in [6.45, 7) is 2.42. The fraction of sp³-hybridized carbons (Fsp3) is 0.667. The van der Waals surface area contributed by atoms with Gasteiger partial charge < -0.3 is 15.2 Å². The van der Waals surface area contributed by atoms with Crippen LogP contribution in [0.1, 0.15) is 55.8 Å². The fourth-order valence-corrected chi connectivity index (χ4v) is 5.70. The molecule has 4 nitrogen and oxygen atoms in total. The van der Waals surface area contributed by atoms with Crippen molar-refractivity contribution in [1.82, 2.24) is 5.32 Å². The van der Waals surface area contributed by atoms with Crippen LogP contribution in [0.3, 0.4) is 0 Å². The molecular weight excluding hydrogens is 314 g/mol. The van der Waals surface area contributed by atoms with Crippen LogP contribution < -0.4 is 10.1 Å². The molecule has 0 unspecified atom stereocenters. The van der Waals surface area contributed by atoms with Crippen LogP contribution in [0.25, 0.3) is 0 Å². The normalized spacial score (nSPS) is 34.1. The average molecular weight is 343 g/mol. The third kappa shape index (κ3) is 3.75. The van der Waals surface area contributed by atoms with Crippen molar-refractivity contribution in [3.05, 3.63) is 29.8 Å². The van der Waals surface area contributed by atoms with Crippen molar-refractivity contribution < 1.29 is 14.6 Å². The topological polar surface area (TPSA) is 58.6 Å². The summed E-state index contributed by atoms with van der Waals surface area (Å²) in [5, 5.41) is 14.0. The second-order valence-corrected chi connectivity index (χ2v) is 8.62. The maximum atomic E-state index is 11.3. The highest BCUT2D eigenvalue weighted by atomic mass is 16.5. The maximum absolute atomic E-state index is 11.3. The smallest absolute Gasteiger partial charge is 0.159 e. The number of ketones is 1. The molecule has 1 aromatic carbocycles. The quantitative estimate of drug-likeness (QED) is 0.747. The molecule has 136 valence electrons. The second-order valence-electron chi connectivity index (χ2n) is 8.62. The monoisotopic (exact) mass is 343 g/mol. The molecule has 4 heteroatoms. The van der Waals surface area contributed by atoms with Crippen LogP contribution in [0.5, 0.6) is 5.75 Å². The summed E-state index contributed by atoms with van der Waals surface area (Å²) in [5.74, 6) is 3.47. The third-order valence-electron chi connectivity index (χ3n) is 6.45. The Balaban J connectivity index is 1.25. The van der Waals surface area contributed by atoms with E-state index in [4.69, 9.17) is 4.74 Å². The van der Waals surface area contributed by atoms with Crippen LogP contribution in [0.2, 0.25) is 0 Å². The minimum atomic E-state index is -0.513. The first-order valence-corrected chi connectivity index (χ1v) is 9.68. The van der Waals surface area contributed by atoms with Gasteiger partial charge in [0.1, 0.15) is 18.5 Å². The molecule has 0 saturated heterocycles. The minimum absolute atomic E-state index is 0.0476. The molecule has 0 aliphatic heterocycles. The van der Waals surface area contributed by atoms with E-state index in [1.807, 2.05) is 0 Å². The molecule has 2 N–H and O–H groups in total. The van der Waals surface area contributed by atoms with E-state index in [1.54, 1.807) is 31.2 Å². The van der Waals surface area contributed by atoms with Crippen LogP contribution >= 0.6 is 0 Å². The molecule has 4 aliphatic carbocycles. The summed E-state index contributed by atoms with van der Waals surface area (Å²) in [7, 11) is 0. The van der Waals surface area contributed by atoms with Gasteiger partial charge in [0, 0.05) is 17.6 Å². The Morgan fingerprint density at radius 3 is 2.24 bits per heavy atom. The molecule has 5 rings (SSSR count). The molecule has 1 atom stereocenters. The Bertz CT molecular complexity index is 589. The van der Waals surface area contributed by atoms with Crippen LogP contribution in [0.4, 0.5) is 0 Å². The summed E-state index contributed by atoms with van der Waals surface area (Å²) in [6.07, 6.45) is 7.66. The van der Waals surface area contributed by atoms with Crippen LogP contribution in [-0.4, -0.2) is 35.7 Å². The number of ether oxygens (including phenoxy) is 1. The van der Waals surface area contributed by atoms with Crippen molar-refractivity contribution in [2.24, 2.45) is 17.8 Å². The van der Waals surface area contributed by atoms with Gasteiger partial charge in [0.15, 0.2) is 5.78 Å². The number of hydrogen-bond donors (Lipinski definition) is 2. The molecule has 0 amide bonds. The number of carbonyl (C=O) groups is 1. The van der Waals surface area contributed by atoms with Crippen molar-refractivity contribution in [3.8, 4) is 5.75 Å². The Morgan fingerprint density at radius 1 is 1.16 bits per heavy atom. The first kappa shape index (κ1) is 17.0. The molecular formula is C21H29NO3. The zero-order chi connectivity index (χ0) is 17.4. The molecule has 1 aromatic rings. The minimum Gasteiger partial charge on any atom is -0.491 e. The van der Waals surface area contributed by atoms with Gasteiger partial charge in [0.2, 0.25) is 0 Å². The van der Waals surface area contributed by atoms with Gasteiger partial charge >= 0.3 is 0 Å². The number of rotatable bonds is 7. The van der Waals surface area contributed by atoms with Crippen LogP contribution in [-0.2, 0) is 0 Å². The Labute approximate surface area is 150 Å². The number of carbonyl (C=O) groups excluding carboxylic acids is 1. The number of Topliss-reactive ketones (excluding diaryl/α,β-unsaturated/α-hetero) is 1. The van der Waals surface area contributed by atoms with Crippen molar-refractivity contribution >= 4 is 5.78 Å². The van der Waals surface area contributed by atoms with E-state index >= 15 is 0 Å². The summed E-state index contributed by atoms with van der Waals surface area (Å²) in [4.78, 5) is 11.3. The molecule has 25 heavy (non-hydrogen) atoms. The fourth-order valence-electron chi connectivity index (χ4n) is 5.70. The van der Waals surface area contributed by atoms with Crippen molar-refractivity contribution in [1.29, 1.82) is 0 Å². The van der Waals surface area contributed by atoms with Crippen molar-refractivity contribution in [2.75, 3.05) is 13.2 Å². The Kier molecular flexibility index (Phi) is 4.59. The van der Waals surface area contributed by atoms with Gasteiger partial charge in [0.05, 0.1) is 0 Å². The first-order valence-electron chi connectivity index (χ1n) is 9.68. The van der Waals surface area contributed by atoms with E-state index < -0.39 is 6.10 Å². The SMILES string of the molecule is CC(=O)c1ccc(OC[C@H](O)CNC23CC4CC(CC(C4)C2)C3)cc1. The highest BCUT2D eigenvalue weighted by Crippen LogP contribution is 2.55.